The molecule has 4 heteroatoms. The number of likely N-dealkylation sites (tertiary alicyclic amines) is 1. The minimum Gasteiger partial charge on any atom is -0.490 e. The minimum atomic E-state index is -0.109. The van der Waals surface area contributed by atoms with E-state index in [4.69, 9.17) is 4.74 Å². The monoisotopic (exact) mass is 310 g/mol. The molecule has 1 aliphatic rings. The second kappa shape index (κ2) is 7.29. The summed E-state index contributed by atoms with van der Waals surface area (Å²) in [7, 11) is 2.13. The van der Waals surface area contributed by atoms with Crippen molar-refractivity contribution in [1.29, 1.82) is 0 Å². The summed E-state index contributed by atoms with van der Waals surface area (Å²) in [4.78, 5) is 14.5. The van der Waals surface area contributed by atoms with E-state index >= 15 is 0 Å². The Labute approximate surface area is 137 Å². The summed E-state index contributed by atoms with van der Waals surface area (Å²) in [6.07, 6.45) is 2.33. The van der Waals surface area contributed by atoms with Gasteiger partial charge in [-0.15, -0.1) is 0 Å². The zero-order chi connectivity index (χ0) is 16.1. The minimum absolute atomic E-state index is 0.109. The topological polar surface area (TPSA) is 41.6 Å². The third kappa shape index (κ3) is 4.33. The highest BCUT2D eigenvalue weighted by molar-refractivity contribution is 6.04. The van der Waals surface area contributed by atoms with Crippen LogP contribution in [-0.2, 0) is 0 Å². The van der Waals surface area contributed by atoms with Crippen molar-refractivity contribution < 1.29 is 9.53 Å². The molecule has 0 aromatic heterocycles. The Balaban J connectivity index is 1.62. The Bertz CT molecular complexity index is 649. The first kappa shape index (κ1) is 15.6. The molecular weight excluding hydrogens is 288 g/mol. The van der Waals surface area contributed by atoms with E-state index in [1.807, 2.05) is 42.5 Å². The van der Waals surface area contributed by atoms with E-state index in [0.717, 1.165) is 37.4 Å². The molecule has 120 valence electrons. The van der Waals surface area contributed by atoms with Crippen LogP contribution in [0.15, 0.2) is 54.6 Å². The molecule has 2 aromatic rings. The average Bonchev–Trinajstić information content (AvgIpc) is 2.58. The van der Waals surface area contributed by atoms with Gasteiger partial charge in [0.25, 0.3) is 5.91 Å². The van der Waals surface area contributed by atoms with Gasteiger partial charge >= 0.3 is 0 Å². The normalized spacial score (nSPS) is 16.0. The molecule has 0 unspecified atom stereocenters. The number of amides is 1. The molecule has 3 rings (SSSR count). The Hall–Kier alpha value is -2.33. The number of carbonyl (C=O) groups excluding carboxylic acids is 1. The Kier molecular flexibility index (Phi) is 4.93. The maximum Gasteiger partial charge on any atom is 0.255 e. The highest BCUT2D eigenvalue weighted by Gasteiger charge is 2.18. The standard InChI is InChI=1S/C19H22N2O2/c1-21-12-10-17(11-13-21)23-18-9-5-8-16(14-18)20-19(22)15-6-3-2-4-7-15/h2-9,14,17H,10-13H2,1H3,(H,20,22). The summed E-state index contributed by atoms with van der Waals surface area (Å²) in [5.41, 5.74) is 1.40. The first-order valence-electron chi connectivity index (χ1n) is 8.02. The first-order valence-corrected chi connectivity index (χ1v) is 8.02. The van der Waals surface area contributed by atoms with Gasteiger partial charge < -0.3 is 15.0 Å². The number of hydrogen-bond donors (Lipinski definition) is 1. The second-order valence-electron chi connectivity index (χ2n) is 5.97. The summed E-state index contributed by atoms with van der Waals surface area (Å²) in [5, 5.41) is 2.92. The maximum atomic E-state index is 12.2. The van der Waals surface area contributed by atoms with E-state index in [1.54, 1.807) is 12.1 Å². The number of carbonyl (C=O) groups is 1. The molecule has 1 heterocycles. The highest BCUT2D eigenvalue weighted by Crippen LogP contribution is 2.22. The number of hydrogen-bond acceptors (Lipinski definition) is 3. The van der Waals surface area contributed by atoms with Gasteiger partial charge in [-0.05, 0) is 44.2 Å². The smallest absolute Gasteiger partial charge is 0.255 e. The lowest BCUT2D eigenvalue weighted by molar-refractivity contribution is 0.102. The molecule has 1 aliphatic heterocycles. The van der Waals surface area contributed by atoms with E-state index in [0.29, 0.717) is 5.56 Å². The lowest BCUT2D eigenvalue weighted by Crippen LogP contribution is -2.35. The predicted octanol–water partition coefficient (Wildman–Crippen LogP) is 3.41. The second-order valence-corrected chi connectivity index (χ2v) is 5.97. The van der Waals surface area contributed by atoms with Gasteiger partial charge in [0.2, 0.25) is 0 Å². The summed E-state index contributed by atoms with van der Waals surface area (Å²) in [5.74, 6) is 0.701. The lowest BCUT2D eigenvalue weighted by Gasteiger charge is -2.29. The third-order valence-corrected chi connectivity index (χ3v) is 4.10. The van der Waals surface area contributed by atoms with Crippen molar-refractivity contribution in [2.24, 2.45) is 0 Å². The van der Waals surface area contributed by atoms with Crippen molar-refractivity contribution in [3.63, 3.8) is 0 Å². The summed E-state index contributed by atoms with van der Waals surface area (Å²) in [6.45, 7) is 2.13. The summed E-state index contributed by atoms with van der Waals surface area (Å²) >= 11 is 0. The van der Waals surface area contributed by atoms with Crippen LogP contribution in [0.5, 0.6) is 5.75 Å². The summed E-state index contributed by atoms with van der Waals surface area (Å²) < 4.78 is 6.05. The van der Waals surface area contributed by atoms with Crippen LogP contribution in [0.25, 0.3) is 0 Å². The molecule has 1 saturated heterocycles. The van der Waals surface area contributed by atoms with Crippen LogP contribution >= 0.6 is 0 Å². The molecule has 1 N–H and O–H groups in total. The van der Waals surface area contributed by atoms with Gasteiger partial charge in [-0.25, -0.2) is 0 Å². The van der Waals surface area contributed by atoms with Gasteiger partial charge in [-0.3, -0.25) is 4.79 Å². The van der Waals surface area contributed by atoms with Crippen LogP contribution in [0.3, 0.4) is 0 Å². The van der Waals surface area contributed by atoms with E-state index in [1.165, 1.54) is 0 Å². The van der Waals surface area contributed by atoms with Gasteiger partial charge in [-0.1, -0.05) is 24.3 Å². The van der Waals surface area contributed by atoms with Crippen LogP contribution in [0.1, 0.15) is 23.2 Å². The fourth-order valence-corrected chi connectivity index (χ4v) is 2.74. The van der Waals surface area contributed by atoms with Crippen molar-refractivity contribution in [2.45, 2.75) is 18.9 Å². The molecule has 2 aromatic carbocycles. The number of piperidine rings is 1. The van der Waals surface area contributed by atoms with Crippen molar-refractivity contribution in [3.8, 4) is 5.75 Å². The Morgan fingerprint density at radius 1 is 1.09 bits per heavy atom. The zero-order valence-corrected chi connectivity index (χ0v) is 13.4. The van der Waals surface area contributed by atoms with Gasteiger partial charge in [-0.2, -0.15) is 0 Å². The molecule has 0 bridgehead atoms. The highest BCUT2D eigenvalue weighted by atomic mass is 16.5. The number of anilines is 1. The molecule has 0 atom stereocenters. The van der Waals surface area contributed by atoms with Crippen LogP contribution < -0.4 is 10.1 Å². The van der Waals surface area contributed by atoms with Crippen molar-refractivity contribution in [1.82, 2.24) is 4.90 Å². The Morgan fingerprint density at radius 2 is 1.83 bits per heavy atom. The van der Waals surface area contributed by atoms with E-state index < -0.39 is 0 Å². The van der Waals surface area contributed by atoms with Gasteiger partial charge in [0, 0.05) is 30.4 Å². The number of rotatable bonds is 4. The average molecular weight is 310 g/mol. The van der Waals surface area contributed by atoms with Crippen LogP contribution in [0, 0.1) is 0 Å². The fourth-order valence-electron chi connectivity index (χ4n) is 2.74. The number of nitrogens with one attached hydrogen (secondary N) is 1. The van der Waals surface area contributed by atoms with E-state index in [2.05, 4.69) is 17.3 Å². The van der Waals surface area contributed by atoms with Crippen LogP contribution in [-0.4, -0.2) is 37.0 Å². The molecule has 4 nitrogen and oxygen atoms in total. The van der Waals surface area contributed by atoms with Crippen molar-refractivity contribution in [2.75, 3.05) is 25.5 Å². The third-order valence-electron chi connectivity index (χ3n) is 4.10. The van der Waals surface area contributed by atoms with Crippen molar-refractivity contribution >= 4 is 11.6 Å². The molecule has 1 fully saturated rings. The van der Waals surface area contributed by atoms with Crippen LogP contribution in [0.2, 0.25) is 0 Å². The van der Waals surface area contributed by atoms with Gasteiger partial charge in [0.15, 0.2) is 0 Å². The largest absolute Gasteiger partial charge is 0.490 e. The number of ether oxygens (including phenoxy) is 1. The van der Waals surface area contributed by atoms with Gasteiger partial charge in [0.05, 0.1) is 0 Å². The van der Waals surface area contributed by atoms with E-state index in [-0.39, 0.29) is 12.0 Å². The quantitative estimate of drug-likeness (QED) is 0.941. The Morgan fingerprint density at radius 3 is 2.57 bits per heavy atom. The molecular formula is C19H22N2O2. The first-order chi connectivity index (χ1) is 11.2. The maximum absolute atomic E-state index is 12.2. The molecule has 0 saturated carbocycles. The van der Waals surface area contributed by atoms with Crippen molar-refractivity contribution in [3.05, 3.63) is 60.2 Å². The number of benzene rings is 2. The molecule has 1 amide bonds. The van der Waals surface area contributed by atoms with E-state index in [9.17, 15) is 4.79 Å². The molecule has 0 spiro atoms. The summed E-state index contributed by atoms with van der Waals surface area (Å²) in [6, 6.07) is 16.8. The van der Waals surface area contributed by atoms with Gasteiger partial charge in [0.1, 0.15) is 11.9 Å². The molecule has 0 radical (unpaired) electrons. The van der Waals surface area contributed by atoms with Crippen LogP contribution in [0.4, 0.5) is 5.69 Å². The lowest BCUT2D eigenvalue weighted by atomic mass is 10.1. The molecule has 0 aliphatic carbocycles. The SMILES string of the molecule is CN1CCC(Oc2cccc(NC(=O)c3ccccc3)c2)CC1. The predicted molar refractivity (Wildman–Crippen MR) is 92.0 cm³/mol. The fraction of sp³-hybridized carbons (Fsp3) is 0.316. The number of nitrogens with zero attached hydrogens (tertiary/aromatic N) is 1. The molecule has 23 heavy (non-hydrogen) atoms. The zero-order valence-electron chi connectivity index (χ0n) is 13.4.